The van der Waals surface area contributed by atoms with Crippen molar-refractivity contribution < 1.29 is 18.4 Å². The molecule has 0 spiro atoms. The molecule has 1 saturated carbocycles. The zero-order chi connectivity index (χ0) is 24.6. The van der Waals surface area contributed by atoms with Gasteiger partial charge < -0.3 is 14.2 Å². The van der Waals surface area contributed by atoms with Crippen LogP contribution in [-0.4, -0.2) is 36.4 Å². The number of amides is 1. The van der Waals surface area contributed by atoms with Crippen molar-refractivity contribution in [2.24, 2.45) is 0 Å². The Hall–Kier alpha value is -3.48. The Bertz CT molecular complexity index is 1140. The van der Waals surface area contributed by atoms with Crippen molar-refractivity contribution in [3.63, 3.8) is 0 Å². The molecule has 4 rings (SSSR count). The van der Waals surface area contributed by atoms with Gasteiger partial charge in [-0.3, -0.25) is 9.18 Å². The van der Waals surface area contributed by atoms with Crippen LogP contribution in [0.2, 0.25) is 0 Å². The van der Waals surface area contributed by atoms with E-state index in [-0.39, 0.29) is 17.9 Å². The molecule has 0 radical (unpaired) electrons. The van der Waals surface area contributed by atoms with Gasteiger partial charge in [0.15, 0.2) is 5.82 Å². The zero-order valence-corrected chi connectivity index (χ0v) is 20.2. The summed E-state index contributed by atoms with van der Waals surface area (Å²) in [7, 11) is 1.64. The molecule has 1 heterocycles. The monoisotopic (exact) mass is 477 g/mol. The largest absolute Gasteiger partial charge is 0.497 e. The lowest BCUT2D eigenvalue weighted by atomic mass is 10.0. The fraction of sp³-hybridized carbons (Fsp3) is 0.393. The third-order valence-corrected chi connectivity index (χ3v) is 6.22. The molecule has 35 heavy (non-hydrogen) atoms. The van der Waals surface area contributed by atoms with Crippen LogP contribution in [0, 0.1) is 0 Å². The van der Waals surface area contributed by atoms with Crippen LogP contribution >= 0.6 is 0 Å². The SMILES string of the molecule is C=C(CCF)C(=O)N(CCCCCc1nc(C2CC2)no1)c1cccc(-c2ccc(OC)cc2)c1. The standard InChI is InChI=1S/C28H32FN3O3/c1-20(16-17-29)28(33)32(18-5-3-4-9-26-30-27(31-35-26)22-10-11-22)24-8-6-7-23(19-24)21-12-14-25(34-2)15-13-21/h6-8,12-15,19,22H,1,3-5,9-11,16-18H2,2H3. The number of halogens is 1. The summed E-state index contributed by atoms with van der Waals surface area (Å²) in [4.78, 5) is 19.3. The molecule has 184 valence electrons. The van der Waals surface area contributed by atoms with E-state index in [4.69, 9.17) is 9.26 Å². The molecule has 2 aromatic carbocycles. The van der Waals surface area contributed by atoms with Crippen molar-refractivity contribution in [2.45, 2.75) is 50.9 Å². The average Bonchev–Trinajstić information content (AvgIpc) is 3.64. The summed E-state index contributed by atoms with van der Waals surface area (Å²) in [6, 6.07) is 15.6. The highest BCUT2D eigenvalue weighted by molar-refractivity contribution is 6.05. The molecule has 6 nitrogen and oxygen atoms in total. The summed E-state index contributed by atoms with van der Waals surface area (Å²) in [5.41, 5.74) is 3.06. The first-order valence-electron chi connectivity index (χ1n) is 12.2. The number of anilines is 1. The number of hydrogen-bond acceptors (Lipinski definition) is 5. The summed E-state index contributed by atoms with van der Waals surface area (Å²) >= 11 is 0. The Morgan fingerprint density at radius 2 is 1.94 bits per heavy atom. The normalized spacial score (nSPS) is 13.0. The first-order valence-corrected chi connectivity index (χ1v) is 12.2. The second-order valence-electron chi connectivity index (χ2n) is 8.91. The van der Waals surface area contributed by atoms with E-state index in [1.807, 2.05) is 48.5 Å². The molecule has 0 saturated heterocycles. The molecule has 1 amide bonds. The van der Waals surface area contributed by atoms with Crippen LogP contribution in [-0.2, 0) is 11.2 Å². The van der Waals surface area contributed by atoms with E-state index in [9.17, 15) is 9.18 Å². The lowest BCUT2D eigenvalue weighted by molar-refractivity contribution is -0.115. The van der Waals surface area contributed by atoms with E-state index in [1.165, 1.54) is 0 Å². The molecule has 3 aromatic rings. The number of ether oxygens (including phenoxy) is 1. The maximum atomic E-state index is 13.1. The minimum Gasteiger partial charge on any atom is -0.497 e. The van der Waals surface area contributed by atoms with E-state index < -0.39 is 6.67 Å². The first kappa shape index (κ1) is 24.6. The lowest BCUT2D eigenvalue weighted by Gasteiger charge is -2.24. The predicted molar refractivity (Wildman–Crippen MR) is 134 cm³/mol. The van der Waals surface area contributed by atoms with E-state index in [0.717, 1.165) is 66.9 Å². The highest BCUT2D eigenvalue weighted by Crippen LogP contribution is 2.38. The van der Waals surface area contributed by atoms with Gasteiger partial charge in [0, 0.05) is 36.6 Å². The maximum absolute atomic E-state index is 13.1. The van der Waals surface area contributed by atoms with E-state index in [0.29, 0.717) is 18.4 Å². The fourth-order valence-electron chi connectivity index (χ4n) is 4.00. The second kappa shape index (κ2) is 11.8. The third kappa shape index (κ3) is 6.56. The number of methoxy groups -OCH3 is 1. The van der Waals surface area contributed by atoms with Gasteiger partial charge in [-0.15, -0.1) is 0 Å². The van der Waals surface area contributed by atoms with Gasteiger partial charge in [0.1, 0.15) is 5.75 Å². The van der Waals surface area contributed by atoms with E-state index in [2.05, 4.69) is 16.7 Å². The molecule has 1 aliphatic rings. The van der Waals surface area contributed by atoms with Gasteiger partial charge in [-0.05, 0) is 61.1 Å². The van der Waals surface area contributed by atoms with Crippen LogP contribution in [0.15, 0.2) is 65.2 Å². The Kier molecular flexibility index (Phi) is 8.29. The van der Waals surface area contributed by atoms with Gasteiger partial charge in [0.25, 0.3) is 5.91 Å². The minimum atomic E-state index is -0.600. The van der Waals surface area contributed by atoms with Crippen LogP contribution in [0.25, 0.3) is 11.1 Å². The molecular formula is C28H32FN3O3. The van der Waals surface area contributed by atoms with Crippen molar-refractivity contribution in [3.8, 4) is 16.9 Å². The molecule has 1 fully saturated rings. The molecule has 0 N–H and O–H groups in total. The number of nitrogens with zero attached hydrogens (tertiary/aromatic N) is 3. The molecule has 1 aromatic heterocycles. The number of carbonyl (C=O) groups excluding carboxylic acids is 1. The minimum absolute atomic E-state index is 0.0357. The van der Waals surface area contributed by atoms with Crippen LogP contribution in [0.3, 0.4) is 0 Å². The van der Waals surface area contributed by atoms with Gasteiger partial charge in [-0.25, -0.2) is 0 Å². The Balaban J connectivity index is 1.40. The van der Waals surface area contributed by atoms with Crippen molar-refractivity contribution in [1.82, 2.24) is 10.1 Å². The summed E-state index contributed by atoms with van der Waals surface area (Å²) in [5.74, 6) is 2.55. The van der Waals surface area contributed by atoms with Crippen LogP contribution < -0.4 is 9.64 Å². The first-order chi connectivity index (χ1) is 17.1. The zero-order valence-electron chi connectivity index (χ0n) is 20.2. The quantitative estimate of drug-likeness (QED) is 0.214. The number of rotatable bonds is 13. The number of aryl methyl sites for hydroxylation is 1. The second-order valence-corrected chi connectivity index (χ2v) is 8.91. The number of benzene rings is 2. The van der Waals surface area contributed by atoms with Crippen LogP contribution in [0.5, 0.6) is 5.75 Å². The van der Waals surface area contributed by atoms with Crippen LogP contribution in [0.4, 0.5) is 10.1 Å². The average molecular weight is 478 g/mol. The third-order valence-electron chi connectivity index (χ3n) is 6.22. The summed E-state index contributed by atoms with van der Waals surface area (Å²) in [6.07, 6.45) is 5.66. The molecule has 1 aliphatic carbocycles. The number of carbonyl (C=O) groups is 1. The lowest BCUT2D eigenvalue weighted by Crippen LogP contribution is -2.33. The Morgan fingerprint density at radius 1 is 1.14 bits per heavy atom. The van der Waals surface area contributed by atoms with Gasteiger partial charge in [0.05, 0.1) is 13.8 Å². The number of aromatic nitrogens is 2. The molecular weight excluding hydrogens is 445 g/mol. The molecule has 7 heteroatoms. The smallest absolute Gasteiger partial charge is 0.253 e. The number of alkyl halides is 1. The van der Waals surface area contributed by atoms with Gasteiger partial charge in [-0.2, -0.15) is 4.98 Å². The van der Waals surface area contributed by atoms with Gasteiger partial charge in [-0.1, -0.05) is 42.4 Å². The summed E-state index contributed by atoms with van der Waals surface area (Å²) in [5, 5.41) is 4.06. The van der Waals surface area contributed by atoms with Crippen LogP contribution in [0.1, 0.15) is 56.2 Å². The van der Waals surface area contributed by atoms with Gasteiger partial charge in [0.2, 0.25) is 5.89 Å². The van der Waals surface area contributed by atoms with Crippen molar-refractivity contribution in [2.75, 3.05) is 25.2 Å². The summed E-state index contributed by atoms with van der Waals surface area (Å²) in [6.45, 7) is 3.74. The summed E-state index contributed by atoms with van der Waals surface area (Å²) < 4.78 is 23.5. The van der Waals surface area contributed by atoms with Gasteiger partial charge >= 0.3 is 0 Å². The van der Waals surface area contributed by atoms with Crippen molar-refractivity contribution in [1.29, 1.82) is 0 Å². The number of unbranched alkanes of at least 4 members (excludes halogenated alkanes) is 2. The van der Waals surface area contributed by atoms with Crippen molar-refractivity contribution in [3.05, 3.63) is 72.4 Å². The molecule has 0 atom stereocenters. The van der Waals surface area contributed by atoms with E-state index in [1.54, 1.807) is 12.0 Å². The van der Waals surface area contributed by atoms with Crippen molar-refractivity contribution >= 4 is 11.6 Å². The molecule has 0 aliphatic heterocycles. The highest BCUT2D eigenvalue weighted by atomic mass is 19.1. The van der Waals surface area contributed by atoms with E-state index >= 15 is 0 Å². The highest BCUT2D eigenvalue weighted by Gasteiger charge is 2.28. The predicted octanol–water partition coefficient (Wildman–Crippen LogP) is 6.28. The maximum Gasteiger partial charge on any atom is 0.253 e. The Morgan fingerprint density at radius 3 is 2.66 bits per heavy atom. The fourth-order valence-corrected chi connectivity index (χ4v) is 4.00. The topological polar surface area (TPSA) is 68.5 Å². The molecule has 0 unspecified atom stereocenters. The number of hydrogen-bond donors (Lipinski definition) is 0. The molecule has 0 bridgehead atoms. The Labute approximate surface area is 205 Å².